The van der Waals surface area contributed by atoms with Crippen molar-refractivity contribution in [3.8, 4) is 0 Å². The van der Waals surface area contributed by atoms with Gasteiger partial charge < -0.3 is 9.88 Å². The van der Waals surface area contributed by atoms with E-state index in [2.05, 4.69) is 44.3 Å². The van der Waals surface area contributed by atoms with Crippen LogP contribution >= 0.6 is 0 Å². The lowest BCUT2D eigenvalue weighted by Gasteiger charge is -2.14. The third-order valence-electron chi connectivity index (χ3n) is 4.05. The lowest BCUT2D eigenvalue weighted by atomic mass is 10.1. The van der Waals surface area contributed by atoms with Gasteiger partial charge in [-0.25, -0.2) is 0 Å². The normalized spacial score (nSPS) is 12.6. The number of nitrogens with zero attached hydrogens (tertiary/aromatic N) is 1. The van der Waals surface area contributed by atoms with Gasteiger partial charge in [0.1, 0.15) is 5.69 Å². The number of fused-ring (bicyclic) bond motifs is 1. The molecule has 114 valence electrons. The summed E-state index contributed by atoms with van der Waals surface area (Å²) in [5, 5.41) is 4.24. The number of amides is 1. The Morgan fingerprint density at radius 1 is 1.29 bits per heavy atom. The van der Waals surface area contributed by atoms with Crippen molar-refractivity contribution in [3.63, 3.8) is 0 Å². The smallest absolute Gasteiger partial charge is 0.268 e. The number of aryl methyl sites for hydroxylation is 2. The van der Waals surface area contributed by atoms with Crippen LogP contribution in [0.25, 0.3) is 10.9 Å². The maximum atomic E-state index is 12.4. The second-order valence-corrected chi connectivity index (χ2v) is 6.02. The second kappa shape index (κ2) is 6.79. The van der Waals surface area contributed by atoms with Crippen molar-refractivity contribution >= 4 is 16.8 Å². The van der Waals surface area contributed by atoms with E-state index in [1.807, 2.05) is 17.7 Å². The Balaban J connectivity index is 2.10. The van der Waals surface area contributed by atoms with Gasteiger partial charge in [0.2, 0.25) is 0 Å². The van der Waals surface area contributed by atoms with Gasteiger partial charge in [-0.1, -0.05) is 37.8 Å². The molecule has 1 N–H and O–H groups in total. The summed E-state index contributed by atoms with van der Waals surface area (Å²) in [6.07, 6.45) is 4.66. The first kappa shape index (κ1) is 15.6. The molecule has 0 aliphatic heterocycles. The van der Waals surface area contributed by atoms with Crippen LogP contribution in [0.1, 0.15) is 55.6 Å². The van der Waals surface area contributed by atoms with Gasteiger partial charge >= 0.3 is 0 Å². The first-order valence-electron chi connectivity index (χ1n) is 7.90. The quantitative estimate of drug-likeness (QED) is 0.794. The predicted octanol–water partition coefficient (Wildman–Crippen LogP) is 4.19. The fourth-order valence-corrected chi connectivity index (χ4v) is 2.76. The van der Waals surface area contributed by atoms with E-state index >= 15 is 0 Å². The molecule has 21 heavy (non-hydrogen) atoms. The van der Waals surface area contributed by atoms with Crippen LogP contribution in [0.15, 0.2) is 24.3 Å². The van der Waals surface area contributed by atoms with E-state index in [1.54, 1.807) is 0 Å². The van der Waals surface area contributed by atoms with Crippen LogP contribution in [0.4, 0.5) is 0 Å². The predicted molar refractivity (Wildman–Crippen MR) is 88.7 cm³/mol. The fraction of sp³-hybridized carbons (Fsp3) is 0.500. The summed E-state index contributed by atoms with van der Waals surface area (Å²) in [5.74, 6) is 0.0235. The summed E-state index contributed by atoms with van der Waals surface area (Å²) >= 11 is 0. The van der Waals surface area contributed by atoms with Crippen molar-refractivity contribution in [2.45, 2.75) is 52.5 Å². The Morgan fingerprint density at radius 3 is 2.76 bits per heavy atom. The van der Waals surface area contributed by atoms with Crippen LogP contribution in [0.5, 0.6) is 0 Å². The number of nitrogens with one attached hydrogen (secondary N) is 1. The van der Waals surface area contributed by atoms with Crippen molar-refractivity contribution in [1.29, 1.82) is 0 Å². The number of benzene rings is 1. The van der Waals surface area contributed by atoms with Crippen LogP contribution in [-0.2, 0) is 7.05 Å². The molecule has 0 aliphatic carbocycles. The SMILES string of the molecule is CCCCC[C@H](C)NC(=O)c1cc2cc(C)ccc2n1C. The average Bonchev–Trinajstić information content (AvgIpc) is 2.75. The molecule has 0 aliphatic rings. The van der Waals surface area contributed by atoms with Crippen LogP contribution in [0, 0.1) is 6.92 Å². The number of hydrogen-bond donors (Lipinski definition) is 1. The third kappa shape index (κ3) is 3.66. The number of aromatic nitrogens is 1. The molecule has 1 aromatic heterocycles. The third-order valence-corrected chi connectivity index (χ3v) is 4.05. The molecule has 0 saturated heterocycles. The molecule has 0 unspecified atom stereocenters. The Morgan fingerprint density at radius 2 is 2.05 bits per heavy atom. The molecule has 3 heteroatoms. The zero-order valence-electron chi connectivity index (χ0n) is 13.6. The fourth-order valence-electron chi connectivity index (χ4n) is 2.76. The standard InChI is InChI=1S/C18H26N2O/c1-5-6-7-8-14(3)19-18(21)17-12-15-11-13(2)9-10-16(15)20(17)4/h9-12,14H,5-8H2,1-4H3,(H,19,21)/t14-/m0/s1. The Hall–Kier alpha value is -1.77. The molecule has 0 bridgehead atoms. The first-order valence-corrected chi connectivity index (χ1v) is 7.90. The minimum Gasteiger partial charge on any atom is -0.348 e. The van der Waals surface area contributed by atoms with E-state index < -0.39 is 0 Å². The van der Waals surface area contributed by atoms with Gasteiger partial charge in [0.05, 0.1) is 0 Å². The van der Waals surface area contributed by atoms with Gasteiger partial charge in [0.25, 0.3) is 5.91 Å². The van der Waals surface area contributed by atoms with Gasteiger partial charge in [-0.3, -0.25) is 4.79 Å². The molecule has 1 atom stereocenters. The average molecular weight is 286 g/mol. The van der Waals surface area contributed by atoms with Gasteiger partial charge in [-0.05, 0) is 38.5 Å². The number of rotatable bonds is 6. The maximum absolute atomic E-state index is 12.4. The van der Waals surface area contributed by atoms with E-state index in [-0.39, 0.29) is 11.9 Å². The summed E-state index contributed by atoms with van der Waals surface area (Å²) in [7, 11) is 1.95. The Bertz CT molecular complexity index is 627. The van der Waals surface area contributed by atoms with Gasteiger partial charge in [-0.2, -0.15) is 0 Å². The summed E-state index contributed by atoms with van der Waals surface area (Å²) in [5.41, 5.74) is 3.05. The van der Waals surface area contributed by atoms with Crippen molar-refractivity contribution in [2.24, 2.45) is 7.05 Å². The zero-order valence-corrected chi connectivity index (χ0v) is 13.6. The summed E-state index contributed by atoms with van der Waals surface area (Å²) < 4.78 is 1.98. The largest absolute Gasteiger partial charge is 0.348 e. The molecule has 0 saturated carbocycles. The first-order chi connectivity index (χ1) is 10.0. The minimum absolute atomic E-state index is 0.0235. The highest BCUT2D eigenvalue weighted by Crippen LogP contribution is 2.20. The lowest BCUT2D eigenvalue weighted by molar-refractivity contribution is 0.0930. The monoisotopic (exact) mass is 286 g/mol. The highest BCUT2D eigenvalue weighted by Gasteiger charge is 2.15. The highest BCUT2D eigenvalue weighted by atomic mass is 16.2. The summed E-state index contributed by atoms with van der Waals surface area (Å²) in [4.78, 5) is 12.4. The maximum Gasteiger partial charge on any atom is 0.268 e. The topological polar surface area (TPSA) is 34.0 Å². The van der Waals surface area contributed by atoms with Crippen molar-refractivity contribution in [2.75, 3.05) is 0 Å². The van der Waals surface area contributed by atoms with Gasteiger partial charge in [-0.15, -0.1) is 0 Å². The van der Waals surface area contributed by atoms with Crippen LogP contribution in [0.2, 0.25) is 0 Å². The molecule has 2 rings (SSSR count). The summed E-state index contributed by atoms with van der Waals surface area (Å²) in [6.45, 7) is 6.35. The van der Waals surface area contributed by atoms with Crippen LogP contribution < -0.4 is 5.32 Å². The number of unbranched alkanes of at least 4 members (excludes halogenated alkanes) is 2. The molecule has 2 aromatic rings. The van der Waals surface area contributed by atoms with Crippen LogP contribution in [0.3, 0.4) is 0 Å². The number of carbonyl (C=O) groups excluding carboxylic acids is 1. The molecular formula is C18H26N2O. The highest BCUT2D eigenvalue weighted by molar-refractivity contribution is 5.98. The Kier molecular flexibility index (Phi) is 5.05. The van der Waals surface area contributed by atoms with Gasteiger partial charge in [0, 0.05) is 24.0 Å². The molecule has 1 heterocycles. The molecule has 0 fully saturated rings. The summed E-state index contributed by atoms with van der Waals surface area (Å²) in [6, 6.07) is 8.49. The van der Waals surface area contributed by atoms with Crippen LogP contribution in [-0.4, -0.2) is 16.5 Å². The molecule has 0 spiro atoms. The molecule has 3 nitrogen and oxygen atoms in total. The molecule has 1 amide bonds. The Labute approximate surface area is 127 Å². The zero-order chi connectivity index (χ0) is 15.4. The molecular weight excluding hydrogens is 260 g/mol. The molecule has 0 radical (unpaired) electrons. The van der Waals surface area contributed by atoms with Crippen molar-refractivity contribution in [1.82, 2.24) is 9.88 Å². The number of carbonyl (C=O) groups is 1. The van der Waals surface area contributed by atoms with Crippen molar-refractivity contribution in [3.05, 3.63) is 35.5 Å². The lowest BCUT2D eigenvalue weighted by Crippen LogP contribution is -2.33. The van der Waals surface area contributed by atoms with E-state index in [1.165, 1.54) is 24.8 Å². The van der Waals surface area contributed by atoms with Crippen molar-refractivity contribution < 1.29 is 4.79 Å². The van der Waals surface area contributed by atoms with E-state index in [4.69, 9.17) is 0 Å². The van der Waals surface area contributed by atoms with E-state index in [0.29, 0.717) is 0 Å². The van der Waals surface area contributed by atoms with Gasteiger partial charge in [0.15, 0.2) is 0 Å². The molecule has 1 aromatic carbocycles. The van der Waals surface area contributed by atoms with E-state index in [0.717, 1.165) is 23.0 Å². The number of hydrogen-bond acceptors (Lipinski definition) is 1. The van der Waals surface area contributed by atoms with E-state index in [9.17, 15) is 4.79 Å². The minimum atomic E-state index is 0.0235. The second-order valence-electron chi connectivity index (χ2n) is 6.02.